The Morgan fingerprint density at radius 1 is 1.50 bits per heavy atom. The maximum Gasteiger partial charge on any atom is 0.0486 e. The predicted molar refractivity (Wildman–Crippen MR) is 76.0 cm³/mol. The van der Waals surface area contributed by atoms with Gasteiger partial charge in [-0.05, 0) is 44.1 Å². The fourth-order valence-corrected chi connectivity index (χ4v) is 2.40. The van der Waals surface area contributed by atoms with Crippen molar-refractivity contribution in [2.75, 3.05) is 13.6 Å². The van der Waals surface area contributed by atoms with Gasteiger partial charge < -0.3 is 5.32 Å². The minimum absolute atomic E-state index is 0.481. The molecule has 2 heteroatoms. The van der Waals surface area contributed by atoms with Crippen molar-refractivity contribution < 1.29 is 0 Å². The Balaban J connectivity index is 1.87. The zero-order valence-electron chi connectivity index (χ0n) is 10.9. The SMILES string of the molecule is C#Cc1ccc(CNC(=C)C2CCCN2C)cc1. The van der Waals surface area contributed by atoms with E-state index in [-0.39, 0.29) is 0 Å². The van der Waals surface area contributed by atoms with E-state index in [2.05, 4.69) is 41.9 Å². The first-order valence-corrected chi connectivity index (χ1v) is 6.39. The molecule has 0 aromatic heterocycles. The van der Waals surface area contributed by atoms with Gasteiger partial charge in [-0.25, -0.2) is 0 Å². The largest absolute Gasteiger partial charge is 0.383 e. The standard InChI is InChI=1S/C16H20N2/c1-4-14-7-9-15(10-8-14)12-17-13(2)16-6-5-11-18(16)3/h1,7-10,16-17H,2,5-6,11-12H2,3H3. The quantitative estimate of drug-likeness (QED) is 0.813. The fraction of sp³-hybridized carbons (Fsp3) is 0.375. The summed E-state index contributed by atoms with van der Waals surface area (Å²) in [6.07, 6.45) is 7.80. The number of terminal acetylenes is 1. The van der Waals surface area contributed by atoms with Gasteiger partial charge in [-0.2, -0.15) is 0 Å². The van der Waals surface area contributed by atoms with E-state index in [0.717, 1.165) is 17.8 Å². The van der Waals surface area contributed by atoms with E-state index < -0.39 is 0 Å². The van der Waals surface area contributed by atoms with E-state index in [9.17, 15) is 0 Å². The van der Waals surface area contributed by atoms with E-state index in [0.29, 0.717) is 6.04 Å². The molecule has 2 rings (SSSR count). The Morgan fingerprint density at radius 2 is 2.22 bits per heavy atom. The third-order valence-corrected chi connectivity index (χ3v) is 3.56. The Kier molecular flexibility index (Phi) is 4.07. The van der Waals surface area contributed by atoms with Gasteiger partial charge in [0.15, 0.2) is 0 Å². The molecule has 2 nitrogen and oxygen atoms in total. The molecule has 1 N–H and O–H groups in total. The second-order valence-corrected chi connectivity index (χ2v) is 4.86. The van der Waals surface area contributed by atoms with Crippen molar-refractivity contribution in [2.45, 2.75) is 25.4 Å². The minimum Gasteiger partial charge on any atom is -0.383 e. The fourth-order valence-electron chi connectivity index (χ4n) is 2.40. The summed E-state index contributed by atoms with van der Waals surface area (Å²) < 4.78 is 0. The zero-order valence-corrected chi connectivity index (χ0v) is 10.9. The predicted octanol–water partition coefficient (Wildman–Crippen LogP) is 2.37. The van der Waals surface area contributed by atoms with Crippen LogP contribution in [-0.2, 0) is 6.54 Å². The number of nitrogens with zero attached hydrogens (tertiary/aromatic N) is 1. The molecule has 1 atom stereocenters. The van der Waals surface area contributed by atoms with Crippen molar-refractivity contribution in [3.63, 3.8) is 0 Å². The Hall–Kier alpha value is -1.72. The number of nitrogens with one attached hydrogen (secondary N) is 1. The van der Waals surface area contributed by atoms with Gasteiger partial charge in [0.25, 0.3) is 0 Å². The number of hydrogen-bond acceptors (Lipinski definition) is 2. The molecule has 0 bridgehead atoms. The van der Waals surface area contributed by atoms with Crippen LogP contribution in [0.5, 0.6) is 0 Å². The van der Waals surface area contributed by atoms with Crippen LogP contribution in [0.15, 0.2) is 36.5 Å². The van der Waals surface area contributed by atoms with Gasteiger partial charge in [-0.3, -0.25) is 4.90 Å². The first-order valence-electron chi connectivity index (χ1n) is 6.39. The maximum absolute atomic E-state index is 5.33. The number of benzene rings is 1. The number of likely N-dealkylation sites (tertiary alicyclic amines) is 1. The van der Waals surface area contributed by atoms with Crippen LogP contribution in [-0.4, -0.2) is 24.5 Å². The van der Waals surface area contributed by atoms with Crippen molar-refractivity contribution >= 4 is 0 Å². The molecular weight excluding hydrogens is 220 g/mol. The van der Waals surface area contributed by atoms with Gasteiger partial charge in [0.1, 0.15) is 0 Å². The molecule has 0 saturated carbocycles. The van der Waals surface area contributed by atoms with Crippen LogP contribution < -0.4 is 5.32 Å². The number of rotatable bonds is 4. The summed E-state index contributed by atoms with van der Waals surface area (Å²) in [6, 6.07) is 8.56. The third kappa shape index (κ3) is 2.94. The van der Waals surface area contributed by atoms with Crippen LogP contribution in [0.1, 0.15) is 24.0 Å². The summed E-state index contributed by atoms with van der Waals surface area (Å²) >= 11 is 0. The van der Waals surface area contributed by atoms with E-state index in [1.807, 2.05) is 12.1 Å². The van der Waals surface area contributed by atoms with Crippen molar-refractivity contribution in [2.24, 2.45) is 0 Å². The highest BCUT2D eigenvalue weighted by molar-refractivity contribution is 5.34. The van der Waals surface area contributed by atoms with Gasteiger partial charge in [-0.15, -0.1) is 6.42 Å². The van der Waals surface area contributed by atoms with Gasteiger partial charge in [-0.1, -0.05) is 24.6 Å². The van der Waals surface area contributed by atoms with Crippen molar-refractivity contribution in [1.82, 2.24) is 10.2 Å². The maximum atomic E-state index is 5.33. The van der Waals surface area contributed by atoms with Crippen LogP contribution in [0.2, 0.25) is 0 Å². The molecule has 0 amide bonds. The molecule has 1 saturated heterocycles. The van der Waals surface area contributed by atoms with Crippen LogP contribution in [0, 0.1) is 12.3 Å². The first kappa shape index (κ1) is 12.7. The van der Waals surface area contributed by atoms with Crippen LogP contribution in [0.4, 0.5) is 0 Å². The molecule has 1 fully saturated rings. The lowest BCUT2D eigenvalue weighted by atomic mass is 10.1. The van der Waals surface area contributed by atoms with Crippen molar-refractivity contribution in [3.8, 4) is 12.3 Å². The van der Waals surface area contributed by atoms with Gasteiger partial charge in [0, 0.05) is 23.8 Å². The Bertz CT molecular complexity index is 453. The smallest absolute Gasteiger partial charge is 0.0486 e. The lowest BCUT2D eigenvalue weighted by molar-refractivity contribution is 0.334. The van der Waals surface area contributed by atoms with Crippen molar-refractivity contribution in [3.05, 3.63) is 47.7 Å². The molecule has 0 spiro atoms. The first-order chi connectivity index (χ1) is 8.70. The molecular formula is C16H20N2. The average Bonchev–Trinajstić information content (AvgIpc) is 2.83. The second kappa shape index (κ2) is 5.75. The van der Waals surface area contributed by atoms with E-state index in [1.165, 1.54) is 24.9 Å². The van der Waals surface area contributed by atoms with Gasteiger partial charge in [0.2, 0.25) is 0 Å². The van der Waals surface area contributed by atoms with Crippen LogP contribution in [0.25, 0.3) is 0 Å². The second-order valence-electron chi connectivity index (χ2n) is 4.86. The lowest BCUT2D eigenvalue weighted by Gasteiger charge is -2.23. The van der Waals surface area contributed by atoms with E-state index in [4.69, 9.17) is 6.42 Å². The molecule has 1 aromatic rings. The van der Waals surface area contributed by atoms with Crippen molar-refractivity contribution in [1.29, 1.82) is 0 Å². The van der Waals surface area contributed by atoms with E-state index >= 15 is 0 Å². The highest BCUT2D eigenvalue weighted by Crippen LogP contribution is 2.19. The number of hydrogen-bond donors (Lipinski definition) is 1. The lowest BCUT2D eigenvalue weighted by Crippen LogP contribution is -2.32. The monoisotopic (exact) mass is 240 g/mol. The van der Waals surface area contributed by atoms with Crippen LogP contribution >= 0.6 is 0 Å². The molecule has 1 unspecified atom stereocenters. The normalized spacial score (nSPS) is 19.4. The highest BCUT2D eigenvalue weighted by atomic mass is 15.2. The molecule has 0 aliphatic carbocycles. The zero-order chi connectivity index (χ0) is 13.0. The molecule has 1 aromatic carbocycles. The summed E-state index contributed by atoms with van der Waals surface area (Å²) in [6.45, 7) is 6.13. The van der Waals surface area contributed by atoms with E-state index in [1.54, 1.807) is 0 Å². The molecule has 18 heavy (non-hydrogen) atoms. The molecule has 1 aliphatic heterocycles. The third-order valence-electron chi connectivity index (χ3n) is 3.56. The van der Waals surface area contributed by atoms with Gasteiger partial charge in [0.05, 0.1) is 0 Å². The summed E-state index contributed by atoms with van der Waals surface area (Å²) in [5, 5.41) is 3.42. The molecule has 1 aliphatic rings. The van der Waals surface area contributed by atoms with Gasteiger partial charge >= 0.3 is 0 Å². The Morgan fingerprint density at radius 3 is 2.78 bits per heavy atom. The highest BCUT2D eigenvalue weighted by Gasteiger charge is 2.22. The van der Waals surface area contributed by atoms with Crippen LogP contribution in [0.3, 0.4) is 0 Å². The summed E-state index contributed by atoms with van der Waals surface area (Å²) in [5.41, 5.74) is 3.28. The topological polar surface area (TPSA) is 15.3 Å². The number of likely N-dealkylation sites (N-methyl/N-ethyl adjacent to an activating group) is 1. The summed E-state index contributed by atoms with van der Waals surface area (Å²) in [4.78, 5) is 2.36. The summed E-state index contributed by atoms with van der Waals surface area (Å²) in [7, 11) is 2.16. The summed E-state index contributed by atoms with van der Waals surface area (Å²) in [5.74, 6) is 2.62. The molecule has 1 heterocycles. The average molecular weight is 240 g/mol. The molecule has 94 valence electrons. The molecule has 0 radical (unpaired) electrons. The Labute approximate surface area is 110 Å². The minimum atomic E-state index is 0.481.